The second kappa shape index (κ2) is 3.54. The SMILES string of the molecule is CC(C)(C)[P@](=O)(Cl)C12CC3CC(CC(C3)C1)C2. The Morgan fingerprint density at radius 1 is 1.00 bits per heavy atom. The van der Waals surface area contributed by atoms with Crippen LogP contribution in [0.1, 0.15) is 59.3 Å². The summed E-state index contributed by atoms with van der Waals surface area (Å²) in [7, 11) is 0. The van der Waals surface area contributed by atoms with Crippen molar-refractivity contribution in [2.75, 3.05) is 0 Å². The van der Waals surface area contributed by atoms with Gasteiger partial charge < -0.3 is 4.57 Å². The first kappa shape index (κ1) is 12.5. The van der Waals surface area contributed by atoms with Crippen LogP contribution in [0.2, 0.25) is 0 Å². The third kappa shape index (κ3) is 1.68. The molecule has 0 aromatic carbocycles. The molecule has 0 aliphatic heterocycles. The molecule has 0 aromatic rings. The maximum Gasteiger partial charge on any atom is 0.180 e. The minimum absolute atomic E-state index is 0.00154. The van der Waals surface area contributed by atoms with Crippen LogP contribution in [0.15, 0.2) is 0 Å². The molecule has 0 N–H and O–H groups in total. The molecule has 0 saturated heterocycles. The first-order valence-electron chi connectivity index (χ1n) is 7.03. The van der Waals surface area contributed by atoms with E-state index < -0.39 is 6.49 Å². The van der Waals surface area contributed by atoms with Gasteiger partial charge in [0.15, 0.2) is 6.49 Å². The van der Waals surface area contributed by atoms with Crippen molar-refractivity contribution in [3.8, 4) is 0 Å². The lowest BCUT2D eigenvalue weighted by molar-refractivity contribution is 0.0329. The molecule has 4 saturated carbocycles. The summed E-state index contributed by atoms with van der Waals surface area (Å²) in [5.41, 5.74) is 0. The van der Waals surface area contributed by atoms with E-state index in [2.05, 4.69) is 20.8 Å². The van der Waals surface area contributed by atoms with Gasteiger partial charge in [0.25, 0.3) is 0 Å². The van der Waals surface area contributed by atoms with Crippen LogP contribution in [0.3, 0.4) is 0 Å². The molecule has 0 unspecified atom stereocenters. The standard InChI is InChI=1S/C14H24ClOP/c1-13(2,3)17(15,16)14-7-10-4-11(8-14)6-12(5-10)9-14/h10-12H,4-9H2,1-3H3/t10?,11?,12?,14?,17-/m1/s1. The molecule has 0 aromatic heterocycles. The van der Waals surface area contributed by atoms with Crippen LogP contribution in [0, 0.1) is 17.8 Å². The van der Waals surface area contributed by atoms with Crippen molar-refractivity contribution in [3.63, 3.8) is 0 Å². The fraction of sp³-hybridized carbons (Fsp3) is 1.00. The van der Waals surface area contributed by atoms with Crippen molar-refractivity contribution in [3.05, 3.63) is 0 Å². The van der Waals surface area contributed by atoms with Crippen LogP contribution in [-0.2, 0) is 4.57 Å². The smallest absolute Gasteiger partial charge is 0.180 e. The van der Waals surface area contributed by atoms with E-state index in [-0.39, 0.29) is 10.3 Å². The number of hydrogen-bond donors (Lipinski definition) is 0. The monoisotopic (exact) mass is 274 g/mol. The molecule has 4 aliphatic rings. The Balaban J connectivity index is 2.00. The molecule has 0 radical (unpaired) electrons. The van der Waals surface area contributed by atoms with Gasteiger partial charge in [-0.1, -0.05) is 32.0 Å². The molecule has 0 heterocycles. The predicted octanol–water partition coefficient (Wildman–Crippen LogP) is 5.27. The van der Waals surface area contributed by atoms with E-state index in [4.69, 9.17) is 11.2 Å². The van der Waals surface area contributed by atoms with Crippen molar-refractivity contribution in [1.82, 2.24) is 0 Å². The molecule has 4 rings (SSSR count). The van der Waals surface area contributed by atoms with E-state index in [9.17, 15) is 4.57 Å². The fourth-order valence-electron chi connectivity index (χ4n) is 5.13. The Morgan fingerprint density at radius 3 is 1.65 bits per heavy atom. The van der Waals surface area contributed by atoms with Crippen molar-refractivity contribution in [2.24, 2.45) is 17.8 Å². The molecule has 17 heavy (non-hydrogen) atoms. The Bertz CT molecular complexity index is 347. The molecular formula is C14H24ClOP. The fourth-order valence-corrected chi connectivity index (χ4v) is 8.65. The average molecular weight is 275 g/mol. The van der Waals surface area contributed by atoms with Gasteiger partial charge in [0.05, 0.1) is 0 Å². The lowest BCUT2D eigenvalue weighted by Gasteiger charge is -2.59. The molecule has 1 atom stereocenters. The highest BCUT2D eigenvalue weighted by Gasteiger charge is 2.61. The highest BCUT2D eigenvalue weighted by atomic mass is 35.7. The lowest BCUT2D eigenvalue weighted by atomic mass is 9.56. The third-order valence-corrected chi connectivity index (χ3v) is 11.6. The van der Waals surface area contributed by atoms with Gasteiger partial charge in [-0.05, 0) is 56.3 Å². The van der Waals surface area contributed by atoms with E-state index in [1.54, 1.807) is 0 Å². The van der Waals surface area contributed by atoms with Crippen LogP contribution < -0.4 is 0 Å². The normalized spacial score (nSPS) is 48.1. The molecule has 4 aliphatic carbocycles. The van der Waals surface area contributed by atoms with Crippen molar-refractivity contribution < 1.29 is 4.57 Å². The Labute approximate surface area is 110 Å². The second-order valence-electron chi connectivity index (χ2n) is 7.85. The van der Waals surface area contributed by atoms with Crippen LogP contribution in [0.4, 0.5) is 0 Å². The van der Waals surface area contributed by atoms with Gasteiger partial charge in [0.1, 0.15) is 0 Å². The van der Waals surface area contributed by atoms with Crippen molar-refractivity contribution in [2.45, 2.75) is 69.6 Å². The summed E-state index contributed by atoms with van der Waals surface area (Å²) in [6.45, 7) is 3.60. The minimum atomic E-state index is -2.60. The van der Waals surface area contributed by atoms with E-state index >= 15 is 0 Å². The first-order valence-corrected chi connectivity index (χ1v) is 9.65. The summed E-state index contributed by atoms with van der Waals surface area (Å²) in [6.07, 6.45) is 7.62. The lowest BCUT2D eigenvalue weighted by Crippen LogP contribution is -2.51. The van der Waals surface area contributed by atoms with Crippen LogP contribution in [0.5, 0.6) is 0 Å². The largest absolute Gasteiger partial charge is 0.306 e. The second-order valence-corrected chi connectivity index (χ2v) is 12.6. The predicted molar refractivity (Wildman–Crippen MR) is 74.1 cm³/mol. The topological polar surface area (TPSA) is 17.1 Å². The van der Waals surface area contributed by atoms with Crippen LogP contribution >= 0.6 is 17.7 Å². The van der Waals surface area contributed by atoms with Gasteiger partial charge in [0, 0.05) is 10.3 Å². The van der Waals surface area contributed by atoms with Gasteiger partial charge in [-0.15, -0.1) is 0 Å². The number of rotatable bonds is 1. The van der Waals surface area contributed by atoms with Gasteiger partial charge in [-0.2, -0.15) is 0 Å². The maximum absolute atomic E-state index is 13.3. The molecule has 98 valence electrons. The molecular weight excluding hydrogens is 251 g/mol. The van der Waals surface area contributed by atoms with Gasteiger partial charge in [-0.3, -0.25) is 0 Å². The van der Waals surface area contributed by atoms with Crippen molar-refractivity contribution in [1.29, 1.82) is 0 Å². The summed E-state index contributed by atoms with van der Waals surface area (Å²) in [6, 6.07) is 0. The van der Waals surface area contributed by atoms with Crippen molar-refractivity contribution >= 4 is 17.7 Å². The molecule has 0 amide bonds. The molecule has 1 nitrogen and oxygen atoms in total. The number of halogens is 1. The zero-order valence-corrected chi connectivity index (χ0v) is 12.9. The zero-order valence-electron chi connectivity index (χ0n) is 11.2. The number of hydrogen-bond acceptors (Lipinski definition) is 1. The summed E-state index contributed by atoms with van der Waals surface area (Å²) >= 11 is 6.69. The highest BCUT2D eigenvalue weighted by Crippen LogP contribution is 2.79. The molecule has 4 bridgehead atoms. The zero-order chi connectivity index (χ0) is 12.5. The first-order chi connectivity index (χ1) is 7.73. The molecule has 4 fully saturated rings. The van der Waals surface area contributed by atoms with Crippen LogP contribution in [-0.4, -0.2) is 10.3 Å². The van der Waals surface area contributed by atoms with Crippen LogP contribution in [0.25, 0.3) is 0 Å². The Morgan fingerprint density at radius 2 is 1.35 bits per heavy atom. The Kier molecular flexibility index (Phi) is 2.61. The summed E-state index contributed by atoms with van der Waals surface area (Å²) < 4.78 is 13.3. The summed E-state index contributed by atoms with van der Waals surface area (Å²) in [5, 5.41) is -0.234. The van der Waals surface area contributed by atoms with E-state index in [1.807, 2.05) is 0 Å². The molecule has 0 spiro atoms. The summed E-state index contributed by atoms with van der Waals surface area (Å²) in [5.74, 6) is 2.49. The Hall–Kier alpha value is 0.520. The summed E-state index contributed by atoms with van der Waals surface area (Å²) in [4.78, 5) is 0. The van der Waals surface area contributed by atoms with E-state index in [1.165, 1.54) is 19.3 Å². The van der Waals surface area contributed by atoms with E-state index in [0.717, 1.165) is 37.0 Å². The molecule has 3 heteroatoms. The maximum atomic E-state index is 13.3. The van der Waals surface area contributed by atoms with Gasteiger partial charge >= 0.3 is 0 Å². The van der Waals surface area contributed by atoms with Gasteiger partial charge in [0.2, 0.25) is 0 Å². The van der Waals surface area contributed by atoms with Gasteiger partial charge in [-0.25, -0.2) is 0 Å². The average Bonchev–Trinajstić information content (AvgIpc) is 2.12. The van der Waals surface area contributed by atoms with E-state index in [0.29, 0.717) is 0 Å². The minimum Gasteiger partial charge on any atom is -0.306 e. The quantitative estimate of drug-likeness (QED) is 0.595. The highest BCUT2D eigenvalue weighted by molar-refractivity contribution is 7.91. The third-order valence-electron chi connectivity index (χ3n) is 5.48.